The lowest BCUT2D eigenvalue weighted by Gasteiger charge is -2.52. The minimum Gasteiger partial charge on any atom is -0.444 e. The van der Waals surface area contributed by atoms with E-state index < -0.39 is 5.60 Å². The average Bonchev–Trinajstić information content (AvgIpc) is 2.38. The smallest absolute Gasteiger partial charge is 0.410 e. The number of nitrogens with one attached hydrogen (secondary N) is 1. The Morgan fingerprint density at radius 2 is 2.00 bits per heavy atom. The minimum absolute atomic E-state index is 0.0891. The molecule has 1 spiro atoms. The Kier molecular flexibility index (Phi) is 3.34. The van der Waals surface area contributed by atoms with Gasteiger partial charge in [0.15, 0.2) is 0 Å². The predicted molar refractivity (Wildman–Crippen MR) is 67.0 cm³/mol. The molecule has 0 aromatic rings. The summed E-state index contributed by atoms with van der Waals surface area (Å²) in [6, 6.07) is 0. The van der Waals surface area contributed by atoms with Crippen LogP contribution < -0.4 is 5.32 Å². The third kappa shape index (κ3) is 2.73. The highest BCUT2D eigenvalue weighted by atomic mass is 16.6. The van der Waals surface area contributed by atoms with Crippen molar-refractivity contribution in [1.82, 2.24) is 10.2 Å². The van der Waals surface area contributed by atoms with E-state index in [0.717, 1.165) is 45.3 Å². The van der Waals surface area contributed by atoms with Crippen molar-refractivity contribution < 1.29 is 9.53 Å². The molecule has 0 aromatic heterocycles. The monoisotopic (exact) mass is 240 g/mol. The maximum atomic E-state index is 12.1. The van der Waals surface area contributed by atoms with Crippen molar-refractivity contribution in [2.45, 2.75) is 57.6 Å². The van der Waals surface area contributed by atoms with Crippen molar-refractivity contribution in [3.8, 4) is 0 Å². The van der Waals surface area contributed by atoms with Crippen LogP contribution in [0.1, 0.15) is 46.5 Å². The van der Waals surface area contributed by atoms with E-state index in [2.05, 4.69) is 5.32 Å². The Bertz CT molecular complexity index is 288. The van der Waals surface area contributed by atoms with E-state index in [9.17, 15) is 4.79 Å². The number of hydrogen-bond donors (Lipinski definition) is 1. The van der Waals surface area contributed by atoms with Gasteiger partial charge in [0, 0.05) is 12.1 Å². The van der Waals surface area contributed by atoms with Crippen LogP contribution in [0, 0.1) is 0 Å². The van der Waals surface area contributed by atoms with Gasteiger partial charge in [0.05, 0.1) is 0 Å². The van der Waals surface area contributed by atoms with Crippen LogP contribution in [-0.4, -0.2) is 41.8 Å². The van der Waals surface area contributed by atoms with E-state index >= 15 is 0 Å². The first kappa shape index (κ1) is 12.7. The molecule has 2 aliphatic heterocycles. The molecule has 17 heavy (non-hydrogen) atoms. The molecule has 2 rings (SSSR count). The molecule has 2 saturated heterocycles. The molecule has 1 unspecified atom stereocenters. The van der Waals surface area contributed by atoms with Crippen LogP contribution >= 0.6 is 0 Å². The molecule has 0 aromatic carbocycles. The molecule has 98 valence electrons. The molecule has 2 aliphatic rings. The first-order valence-corrected chi connectivity index (χ1v) is 6.64. The third-order valence-electron chi connectivity index (χ3n) is 3.75. The molecule has 2 heterocycles. The molecule has 1 N–H and O–H groups in total. The highest BCUT2D eigenvalue weighted by molar-refractivity contribution is 5.70. The number of likely N-dealkylation sites (tertiary alicyclic amines) is 1. The summed E-state index contributed by atoms with van der Waals surface area (Å²) in [5.41, 5.74) is -0.303. The topological polar surface area (TPSA) is 41.6 Å². The zero-order chi connectivity index (χ0) is 12.5. The van der Waals surface area contributed by atoms with Crippen molar-refractivity contribution in [3.63, 3.8) is 0 Å². The van der Waals surface area contributed by atoms with Crippen molar-refractivity contribution in [2.24, 2.45) is 0 Å². The molecule has 2 fully saturated rings. The van der Waals surface area contributed by atoms with Crippen molar-refractivity contribution >= 4 is 6.09 Å². The Hall–Kier alpha value is -0.770. The summed E-state index contributed by atoms with van der Waals surface area (Å²) >= 11 is 0. The van der Waals surface area contributed by atoms with E-state index in [1.807, 2.05) is 25.7 Å². The average molecular weight is 240 g/mol. The second-order valence-corrected chi connectivity index (χ2v) is 6.21. The zero-order valence-electron chi connectivity index (χ0n) is 11.2. The molecule has 0 aliphatic carbocycles. The fourth-order valence-electron chi connectivity index (χ4n) is 2.78. The quantitative estimate of drug-likeness (QED) is 0.705. The summed E-state index contributed by atoms with van der Waals surface area (Å²) in [5, 5.41) is 3.40. The summed E-state index contributed by atoms with van der Waals surface area (Å²) in [6.45, 7) is 8.71. The number of rotatable bonds is 0. The van der Waals surface area contributed by atoms with Gasteiger partial charge in [0.2, 0.25) is 0 Å². The molecular formula is C13H24N2O2. The molecule has 0 bridgehead atoms. The number of hydrogen-bond acceptors (Lipinski definition) is 3. The first-order valence-electron chi connectivity index (χ1n) is 6.64. The van der Waals surface area contributed by atoms with E-state index in [1.54, 1.807) is 0 Å². The molecule has 1 atom stereocenters. The lowest BCUT2D eigenvalue weighted by Crippen LogP contribution is -2.63. The number of ether oxygens (including phenoxy) is 1. The van der Waals surface area contributed by atoms with Gasteiger partial charge < -0.3 is 15.0 Å². The van der Waals surface area contributed by atoms with Crippen LogP contribution in [0.15, 0.2) is 0 Å². The number of amides is 1. The molecule has 4 heteroatoms. The summed E-state index contributed by atoms with van der Waals surface area (Å²) in [4.78, 5) is 14.1. The lowest BCUT2D eigenvalue weighted by molar-refractivity contribution is -0.0495. The first-order chi connectivity index (χ1) is 7.93. The van der Waals surface area contributed by atoms with Crippen LogP contribution in [0.2, 0.25) is 0 Å². The van der Waals surface area contributed by atoms with E-state index in [0.29, 0.717) is 0 Å². The van der Waals surface area contributed by atoms with Gasteiger partial charge in [-0.3, -0.25) is 0 Å². The van der Waals surface area contributed by atoms with Gasteiger partial charge >= 0.3 is 6.09 Å². The fourth-order valence-corrected chi connectivity index (χ4v) is 2.78. The zero-order valence-corrected chi connectivity index (χ0v) is 11.2. The number of carbonyl (C=O) groups excluding carboxylic acids is 1. The van der Waals surface area contributed by atoms with Gasteiger partial charge in [-0.1, -0.05) is 0 Å². The van der Waals surface area contributed by atoms with Crippen LogP contribution in [0.5, 0.6) is 0 Å². The van der Waals surface area contributed by atoms with Crippen molar-refractivity contribution in [3.05, 3.63) is 0 Å². The molecule has 0 saturated carbocycles. The largest absolute Gasteiger partial charge is 0.444 e. The van der Waals surface area contributed by atoms with E-state index in [-0.39, 0.29) is 11.6 Å². The minimum atomic E-state index is -0.392. The Morgan fingerprint density at radius 1 is 1.24 bits per heavy atom. The van der Waals surface area contributed by atoms with Gasteiger partial charge in [0.1, 0.15) is 5.60 Å². The highest BCUT2D eigenvalue weighted by Gasteiger charge is 2.48. The third-order valence-corrected chi connectivity index (χ3v) is 3.75. The maximum absolute atomic E-state index is 12.1. The van der Waals surface area contributed by atoms with Gasteiger partial charge in [-0.15, -0.1) is 0 Å². The molecular weight excluding hydrogens is 216 g/mol. The fraction of sp³-hybridized carbons (Fsp3) is 0.923. The molecule has 4 nitrogen and oxygen atoms in total. The van der Waals surface area contributed by atoms with E-state index in [1.165, 1.54) is 0 Å². The summed E-state index contributed by atoms with van der Waals surface area (Å²) < 4.78 is 5.48. The number of carbonyl (C=O) groups is 1. The highest BCUT2D eigenvalue weighted by Crippen LogP contribution is 2.39. The number of nitrogens with zero attached hydrogens (tertiary/aromatic N) is 1. The van der Waals surface area contributed by atoms with Crippen LogP contribution in [0.4, 0.5) is 4.79 Å². The van der Waals surface area contributed by atoms with Crippen LogP contribution in [0.3, 0.4) is 0 Å². The van der Waals surface area contributed by atoms with Gasteiger partial charge in [-0.25, -0.2) is 4.79 Å². The van der Waals surface area contributed by atoms with Crippen molar-refractivity contribution in [1.29, 1.82) is 0 Å². The molecule has 1 amide bonds. The second kappa shape index (κ2) is 4.48. The lowest BCUT2D eigenvalue weighted by atomic mass is 9.79. The Labute approximate surface area is 104 Å². The van der Waals surface area contributed by atoms with Gasteiger partial charge in [-0.2, -0.15) is 0 Å². The normalized spacial score (nSPS) is 29.7. The van der Waals surface area contributed by atoms with Crippen molar-refractivity contribution in [2.75, 3.05) is 19.6 Å². The predicted octanol–water partition coefficient (Wildman–Crippen LogP) is 2.14. The molecule has 0 radical (unpaired) electrons. The second-order valence-electron chi connectivity index (χ2n) is 6.21. The van der Waals surface area contributed by atoms with Gasteiger partial charge in [0.25, 0.3) is 0 Å². The van der Waals surface area contributed by atoms with E-state index in [4.69, 9.17) is 4.74 Å². The SMILES string of the molecule is CC(C)(C)OC(=O)N1CCC12CCCNCC2. The summed E-state index contributed by atoms with van der Waals surface area (Å²) in [5.74, 6) is 0. The van der Waals surface area contributed by atoms with Crippen LogP contribution in [-0.2, 0) is 4.74 Å². The van der Waals surface area contributed by atoms with Gasteiger partial charge in [-0.05, 0) is 59.5 Å². The summed E-state index contributed by atoms with van der Waals surface area (Å²) in [7, 11) is 0. The Balaban J connectivity index is 1.99. The van der Waals surface area contributed by atoms with Crippen LogP contribution in [0.25, 0.3) is 0 Å². The standard InChI is InChI=1S/C13H24N2O2/c1-12(2,3)17-11(16)15-10-7-13(15)5-4-8-14-9-6-13/h14H,4-10H2,1-3H3. The Morgan fingerprint density at radius 3 is 2.59 bits per heavy atom. The maximum Gasteiger partial charge on any atom is 0.410 e. The summed E-state index contributed by atoms with van der Waals surface area (Å²) in [6.07, 6.45) is 4.32.